The van der Waals surface area contributed by atoms with Crippen LogP contribution in [0.4, 0.5) is 0 Å². The van der Waals surface area contributed by atoms with Crippen molar-refractivity contribution in [1.29, 1.82) is 0 Å². The van der Waals surface area contributed by atoms with Crippen molar-refractivity contribution in [3.8, 4) is 5.75 Å². The molecule has 1 saturated carbocycles. The fraction of sp³-hybridized carbons (Fsp3) is 0.565. The molecule has 1 fully saturated rings. The number of fused-ring (bicyclic) bond motifs is 1. The van der Waals surface area contributed by atoms with Crippen molar-refractivity contribution in [2.75, 3.05) is 26.7 Å². The molecule has 3 N–H and O–H groups in total. The summed E-state index contributed by atoms with van der Waals surface area (Å²) < 4.78 is 5.78. The highest BCUT2D eigenvalue weighted by Gasteiger charge is 2.32. The fourth-order valence-electron chi connectivity index (χ4n) is 3.49. The highest BCUT2D eigenvalue weighted by Crippen LogP contribution is 2.27. The number of nitrogens with zero attached hydrogens (tertiary/aromatic N) is 1. The van der Waals surface area contributed by atoms with Gasteiger partial charge in [0.25, 0.3) is 5.91 Å². The van der Waals surface area contributed by atoms with Crippen LogP contribution in [0.15, 0.2) is 24.3 Å². The zero-order valence-electron chi connectivity index (χ0n) is 18.8. The summed E-state index contributed by atoms with van der Waals surface area (Å²) in [5.41, 5.74) is 0.263. The first kappa shape index (κ1) is 23.6. The molecule has 32 heavy (non-hydrogen) atoms. The number of carbonyl (C=O) groups excluding carboxylic acids is 4. The number of likely N-dealkylation sites (N-methyl/N-ethyl adjacent to an activating group) is 1. The van der Waals surface area contributed by atoms with Gasteiger partial charge in [-0.15, -0.1) is 0 Å². The van der Waals surface area contributed by atoms with Crippen LogP contribution >= 0.6 is 0 Å². The van der Waals surface area contributed by atoms with Gasteiger partial charge >= 0.3 is 0 Å². The molecule has 1 heterocycles. The third-order valence-electron chi connectivity index (χ3n) is 5.71. The van der Waals surface area contributed by atoms with Crippen molar-refractivity contribution in [1.82, 2.24) is 20.9 Å². The van der Waals surface area contributed by atoms with Crippen LogP contribution in [0.3, 0.4) is 0 Å². The molecule has 1 aromatic rings. The number of rotatable bonds is 4. The maximum atomic E-state index is 13.0. The zero-order valence-corrected chi connectivity index (χ0v) is 18.8. The zero-order chi connectivity index (χ0) is 23.3. The molecule has 2 aliphatic rings. The molecular formula is C23H32N4O5. The van der Waals surface area contributed by atoms with Gasteiger partial charge in [0, 0.05) is 13.6 Å². The standard InChI is InChI=1S/C23H32N4O5/c1-14(2)20-23(31)27(3)10-11-32-18-7-5-4-6-16(18)21(29)25-17(12-19(28)26-20)22(30)24-13-15-8-9-15/h4-7,14-15,17,20H,8-13H2,1-3H3,(H,24,30)(H,25,29)(H,26,28)/t17-,20+/m0/s1. The van der Waals surface area contributed by atoms with E-state index in [1.807, 2.05) is 13.8 Å². The Morgan fingerprint density at radius 2 is 1.91 bits per heavy atom. The van der Waals surface area contributed by atoms with Crippen molar-refractivity contribution >= 4 is 23.6 Å². The number of ether oxygens (including phenoxy) is 1. The molecule has 0 saturated heterocycles. The third kappa shape index (κ3) is 6.21. The molecular weight excluding hydrogens is 412 g/mol. The van der Waals surface area contributed by atoms with Gasteiger partial charge in [-0.2, -0.15) is 0 Å². The Labute approximate surface area is 188 Å². The molecule has 1 aromatic carbocycles. The van der Waals surface area contributed by atoms with Crippen LogP contribution in [0.1, 0.15) is 43.5 Å². The van der Waals surface area contributed by atoms with Crippen LogP contribution in [-0.2, 0) is 14.4 Å². The van der Waals surface area contributed by atoms with Gasteiger partial charge in [-0.25, -0.2) is 0 Å². The maximum Gasteiger partial charge on any atom is 0.255 e. The van der Waals surface area contributed by atoms with E-state index in [2.05, 4.69) is 16.0 Å². The minimum absolute atomic E-state index is 0.153. The van der Waals surface area contributed by atoms with Gasteiger partial charge in [-0.1, -0.05) is 26.0 Å². The average Bonchev–Trinajstić information content (AvgIpc) is 3.58. The lowest BCUT2D eigenvalue weighted by molar-refractivity contribution is -0.137. The highest BCUT2D eigenvalue weighted by molar-refractivity contribution is 6.01. The Kier molecular flexibility index (Phi) is 7.71. The minimum Gasteiger partial charge on any atom is -0.491 e. The first-order chi connectivity index (χ1) is 15.3. The molecule has 4 amide bonds. The van der Waals surface area contributed by atoms with Crippen LogP contribution in [0.5, 0.6) is 5.75 Å². The summed E-state index contributed by atoms with van der Waals surface area (Å²) in [6.07, 6.45) is 1.86. The second-order valence-corrected chi connectivity index (χ2v) is 8.81. The number of hydrogen-bond donors (Lipinski definition) is 3. The van der Waals surface area contributed by atoms with Crippen molar-refractivity contribution in [2.24, 2.45) is 11.8 Å². The number of amides is 4. The van der Waals surface area contributed by atoms with Crippen molar-refractivity contribution in [3.63, 3.8) is 0 Å². The summed E-state index contributed by atoms with van der Waals surface area (Å²) in [5, 5.41) is 8.25. The van der Waals surface area contributed by atoms with E-state index in [4.69, 9.17) is 4.74 Å². The normalized spacial score (nSPS) is 22.9. The maximum absolute atomic E-state index is 13.0. The quantitative estimate of drug-likeness (QED) is 0.632. The molecule has 1 aliphatic carbocycles. The fourth-order valence-corrected chi connectivity index (χ4v) is 3.49. The summed E-state index contributed by atoms with van der Waals surface area (Å²) in [6.45, 7) is 4.67. The molecule has 174 valence electrons. The van der Waals surface area contributed by atoms with Gasteiger partial charge in [0.2, 0.25) is 17.7 Å². The van der Waals surface area contributed by atoms with Gasteiger partial charge in [0.05, 0.1) is 18.5 Å². The van der Waals surface area contributed by atoms with Gasteiger partial charge in [-0.3, -0.25) is 19.2 Å². The van der Waals surface area contributed by atoms with Gasteiger partial charge < -0.3 is 25.6 Å². The minimum atomic E-state index is -1.07. The van der Waals surface area contributed by atoms with Crippen molar-refractivity contribution in [2.45, 2.75) is 45.2 Å². The van der Waals surface area contributed by atoms with E-state index in [1.165, 1.54) is 4.90 Å². The average molecular weight is 445 g/mol. The van der Waals surface area contributed by atoms with Crippen LogP contribution in [0, 0.1) is 11.8 Å². The lowest BCUT2D eigenvalue weighted by atomic mass is 10.0. The van der Waals surface area contributed by atoms with Crippen molar-refractivity contribution < 1.29 is 23.9 Å². The predicted molar refractivity (Wildman–Crippen MR) is 118 cm³/mol. The van der Waals surface area contributed by atoms with E-state index in [-0.39, 0.29) is 30.4 Å². The van der Waals surface area contributed by atoms with E-state index < -0.39 is 29.8 Å². The van der Waals surface area contributed by atoms with Crippen LogP contribution in [0.2, 0.25) is 0 Å². The summed E-state index contributed by atoms with van der Waals surface area (Å²) in [6, 6.07) is 4.88. The topological polar surface area (TPSA) is 117 Å². The molecule has 3 rings (SSSR count). The second-order valence-electron chi connectivity index (χ2n) is 8.81. The second kappa shape index (κ2) is 10.5. The summed E-state index contributed by atoms with van der Waals surface area (Å²) in [5.74, 6) is -0.975. The Bertz CT molecular complexity index is 868. The van der Waals surface area contributed by atoms with Crippen molar-refractivity contribution in [3.05, 3.63) is 29.8 Å². The highest BCUT2D eigenvalue weighted by atomic mass is 16.5. The largest absolute Gasteiger partial charge is 0.491 e. The number of carbonyl (C=O) groups is 4. The molecule has 0 bridgehead atoms. The van der Waals surface area contributed by atoms with E-state index in [1.54, 1.807) is 31.3 Å². The molecule has 9 nitrogen and oxygen atoms in total. The molecule has 1 aliphatic heterocycles. The Morgan fingerprint density at radius 3 is 2.59 bits per heavy atom. The summed E-state index contributed by atoms with van der Waals surface area (Å²) in [4.78, 5) is 53.0. The monoisotopic (exact) mass is 444 g/mol. The SMILES string of the molecule is CC(C)[C@H]1NC(=O)C[C@@H](C(=O)NCC2CC2)NC(=O)c2ccccc2OCCN(C)C1=O. The first-order valence-corrected chi connectivity index (χ1v) is 11.1. The molecule has 0 spiro atoms. The summed E-state index contributed by atoms with van der Waals surface area (Å²) >= 11 is 0. The first-order valence-electron chi connectivity index (χ1n) is 11.1. The van der Waals surface area contributed by atoms with E-state index in [0.717, 1.165) is 12.8 Å². The summed E-state index contributed by atoms with van der Waals surface area (Å²) in [7, 11) is 1.64. The Balaban J connectivity index is 1.86. The molecule has 2 atom stereocenters. The van der Waals surface area contributed by atoms with Gasteiger partial charge in [0.15, 0.2) is 0 Å². The molecule has 0 unspecified atom stereocenters. The number of benzene rings is 1. The predicted octanol–water partition coefficient (Wildman–Crippen LogP) is 0.693. The molecule has 9 heteroatoms. The number of nitrogens with one attached hydrogen (secondary N) is 3. The van der Waals surface area contributed by atoms with Crippen LogP contribution in [-0.4, -0.2) is 67.4 Å². The lowest BCUT2D eigenvalue weighted by Gasteiger charge is -2.28. The third-order valence-corrected chi connectivity index (χ3v) is 5.71. The Hall–Kier alpha value is -3.10. The molecule has 0 radical (unpaired) electrons. The smallest absolute Gasteiger partial charge is 0.255 e. The van der Waals surface area contributed by atoms with Gasteiger partial charge in [-0.05, 0) is 36.8 Å². The number of hydrogen-bond acceptors (Lipinski definition) is 5. The van der Waals surface area contributed by atoms with E-state index >= 15 is 0 Å². The van der Waals surface area contributed by atoms with E-state index in [0.29, 0.717) is 24.8 Å². The van der Waals surface area contributed by atoms with Gasteiger partial charge in [0.1, 0.15) is 24.4 Å². The molecule has 0 aromatic heterocycles. The lowest BCUT2D eigenvalue weighted by Crippen LogP contribution is -2.54. The van der Waals surface area contributed by atoms with Crippen LogP contribution in [0.25, 0.3) is 0 Å². The number of para-hydroxylation sites is 1. The van der Waals surface area contributed by atoms with E-state index in [9.17, 15) is 19.2 Å². The van der Waals surface area contributed by atoms with Crippen LogP contribution < -0.4 is 20.7 Å². The Morgan fingerprint density at radius 1 is 1.19 bits per heavy atom.